The van der Waals surface area contributed by atoms with Gasteiger partial charge in [0.15, 0.2) is 11.6 Å². The van der Waals surface area contributed by atoms with Crippen LogP contribution in [-0.4, -0.2) is 9.97 Å². The average Bonchev–Trinajstić information content (AvgIpc) is 2.30. The Balaban J connectivity index is 2.09. The number of aromatic nitrogens is 2. The van der Waals surface area contributed by atoms with Crippen LogP contribution in [0.1, 0.15) is 11.1 Å². The first-order valence-electron chi connectivity index (χ1n) is 5.22. The molecule has 2 rings (SSSR count). The third kappa shape index (κ3) is 2.90. The Morgan fingerprint density at radius 2 is 2.24 bits per heavy atom. The second-order valence-electron chi connectivity index (χ2n) is 3.77. The van der Waals surface area contributed by atoms with Gasteiger partial charge in [-0.1, -0.05) is 29.8 Å². The summed E-state index contributed by atoms with van der Waals surface area (Å²) in [4.78, 5) is 7.35. The van der Waals surface area contributed by atoms with Crippen LogP contribution in [0.4, 0.5) is 16.2 Å². The van der Waals surface area contributed by atoms with Crippen molar-refractivity contribution in [2.45, 2.75) is 13.5 Å². The lowest BCUT2D eigenvalue weighted by atomic mass is 10.1. The van der Waals surface area contributed by atoms with E-state index >= 15 is 0 Å². The lowest BCUT2D eigenvalue weighted by Gasteiger charge is -2.07. The van der Waals surface area contributed by atoms with Crippen molar-refractivity contribution < 1.29 is 4.39 Å². The minimum Gasteiger partial charge on any atom is -0.368 e. The van der Waals surface area contributed by atoms with Gasteiger partial charge in [-0.3, -0.25) is 0 Å². The first-order valence-corrected chi connectivity index (χ1v) is 5.22. The Kier molecular flexibility index (Phi) is 3.18. The third-order valence-corrected chi connectivity index (χ3v) is 2.31. The SMILES string of the molecule is Cc1cccc(CNc2nc(N)ncc2F)c1. The summed E-state index contributed by atoms with van der Waals surface area (Å²) in [5.74, 6) is -0.330. The highest BCUT2D eigenvalue weighted by atomic mass is 19.1. The van der Waals surface area contributed by atoms with Gasteiger partial charge < -0.3 is 11.1 Å². The number of benzene rings is 1. The monoisotopic (exact) mass is 232 g/mol. The molecule has 0 spiro atoms. The third-order valence-electron chi connectivity index (χ3n) is 2.31. The summed E-state index contributed by atoms with van der Waals surface area (Å²) in [6.45, 7) is 2.50. The minimum absolute atomic E-state index is 0.0538. The zero-order valence-electron chi connectivity index (χ0n) is 9.44. The van der Waals surface area contributed by atoms with Crippen LogP contribution in [-0.2, 0) is 6.54 Å². The van der Waals surface area contributed by atoms with E-state index in [1.54, 1.807) is 0 Å². The summed E-state index contributed by atoms with van der Waals surface area (Å²) >= 11 is 0. The van der Waals surface area contributed by atoms with Crippen molar-refractivity contribution in [2.24, 2.45) is 0 Å². The van der Waals surface area contributed by atoms with E-state index < -0.39 is 5.82 Å². The molecule has 1 heterocycles. The number of nitrogen functional groups attached to an aromatic ring is 1. The summed E-state index contributed by atoms with van der Waals surface area (Å²) in [6, 6.07) is 7.95. The Morgan fingerprint density at radius 1 is 1.41 bits per heavy atom. The summed E-state index contributed by atoms with van der Waals surface area (Å²) in [5.41, 5.74) is 7.61. The molecule has 1 aromatic heterocycles. The second-order valence-corrected chi connectivity index (χ2v) is 3.77. The van der Waals surface area contributed by atoms with Crippen LogP contribution < -0.4 is 11.1 Å². The molecule has 0 bridgehead atoms. The molecular weight excluding hydrogens is 219 g/mol. The van der Waals surface area contributed by atoms with Crippen molar-refractivity contribution in [3.05, 3.63) is 47.4 Å². The molecule has 0 saturated carbocycles. The summed E-state index contributed by atoms with van der Waals surface area (Å²) in [6.07, 6.45) is 1.06. The fraction of sp³-hybridized carbons (Fsp3) is 0.167. The molecular formula is C12H13FN4. The number of nitrogens with two attached hydrogens (primary N) is 1. The van der Waals surface area contributed by atoms with E-state index in [1.165, 1.54) is 0 Å². The molecule has 3 N–H and O–H groups in total. The van der Waals surface area contributed by atoms with Gasteiger partial charge in [0, 0.05) is 6.54 Å². The van der Waals surface area contributed by atoms with Gasteiger partial charge in [0.25, 0.3) is 0 Å². The molecule has 0 aliphatic rings. The van der Waals surface area contributed by atoms with Crippen LogP contribution in [0.25, 0.3) is 0 Å². The van der Waals surface area contributed by atoms with E-state index in [4.69, 9.17) is 5.73 Å². The number of nitrogens with zero attached hydrogens (tertiary/aromatic N) is 2. The topological polar surface area (TPSA) is 63.8 Å². The Labute approximate surface area is 98.7 Å². The normalized spacial score (nSPS) is 10.2. The van der Waals surface area contributed by atoms with Crippen molar-refractivity contribution in [1.82, 2.24) is 9.97 Å². The van der Waals surface area contributed by atoms with Crippen LogP contribution in [0.15, 0.2) is 30.5 Å². The maximum Gasteiger partial charge on any atom is 0.222 e. The molecule has 88 valence electrons. The molecule has 0 radical (unpaired) electrons. The van der Waals surface area contributed by atoms with E-state index in [9.17, 15) is 4.39 Å². The quantitative estimate of drug-likeness (QED) is 0.850. The average molecular weight is 232 g/mol. The number of aryl methyl sites for hydroxylation is 1. The highest BCUT2D eigenvalue weighted by molar-refractivity contribution is 5.40. The maximum atomic E-state index is 13.3. The number of rotatable bonds is 3. The first-order chi connectivity index (χ1) is 8.15. The van der Waals surface area contributed by atoms with Gasteiger partial charge in [-0.05, 0) is 12.5 Å². The van der Waals surface area contributed by atoms with Crippen LogP contribution in [0.2, 0.25) is 0 Å². The van der Waals surface area contributed by atoms with Gasteiger partial charge in [-0.15, -0.1) is 0 Å². The minimum atomic E-state index is -0.508. The molecule has 0 saturated heterocycles. The van der Waals surface area contributed by atoms with Crippen molar-refractivity contribution in [2.75, 3.05) is 11.1 Å². The molecule has 0 fully saturated rings. The summed E-state index contributed by atoms with van der Waals surface area (Å²) in [5, 5.41) is 2.89. The molecule has 1 aromatic carbocycles. The Hall–Kier alpha value is -2.17. The van der Waals surface area contributed by atoms with Crippen LogP contribution in [0.5, 0.6) is 0 Å². The number of hydrogen-bond donors (Lipinski definition) is 2. The number of anilines is 2. The van der Waals surface area contributed by atoms with E-state index in [1.807, 2.05) is 31.2 Å². The largest absolute Gasteiger partial charge is 0.368 e. The molecule has 2 aromatic rings. The van der Waals surface area contributed by atoms with Gasteiger partial charge in [-0.25, -0.2) is 9.37 Å². The van der Waals surface area contributed by atoms with Crippen molar-refractivity contribution in [3.8, 4) is 0 Å². The molecule has 0 aliphatic heterocycles. The maximum absolute atomic E-state index is 13.3. The van der Waals surface area contributed by atoms with E-state index in [-0.39, 0.29) is 11.8 Å². The lowest BCUT2D eigenvalue weighted by molar-refractivity contribution is 0.617. The molecule has 0 unspecified atom stereocenters. The highest BCUT2D eigenvalue weighted by Crippen LogP contribution is 2.12. The number of hydrogen-bond acceptors (Lipinski definition) is 4. The second kappa shape index (κ2) is 4.78. The van der Waals surface area contributed by atoms with E-state index in [0.29, 0.717) is 6.54 Å². The molecule has 5 heteroatoms. The molecule has 0 aliphatic carbocycles. The molecule has 4 nitrogen and oxygen atoms in total. The predicted octanol–water partition coefficient (Wildman–Crippen LogP) is 2.12. The summed E-state index contributed by atoms with van der Waals surface area (Å²) < 4.78 is 13.3. The van der Waals surface area contributed by atoms with Crippen LogP contribution >= 0.6 is 0 Å². The lowest BCUT2D eigenvalue weighted by Crippen LogP contribution is -2.06. The van der Waals surface area contributed by atoms with Gasteiger partial charge in [-0.2, -0.15) is 4.98 Å². The predicted molar refractivity (Wildman–Crippen MR) is 64.9 cm³/mol. The van der Waals surface area contributed by atoms with Crippen molar-refractivity contribution >= 4 is 11.8 Å². The van der Waals surface area contributed by atoms with Gasteiger partial charge >= 0.3 is 0 Å². The molecule has 17 heavy (non-hydrogen) atoms. The number of halogens is 1. The smallest absolute Gasteiger partial charge is 0.222 e. The fourth-order valence-electron chi connectivity index (χ4n) is 1.51. The zero-order valence-corrected chi connectivity index (χ0v) is 9.44. The van der Waals surface area contributed by atoms with Gasteiger partial charge in [0.1, 0.15) is 0 Å². The highest BCUT2D eigenvalue weighted by Gasteiger charge is 2.04. The van der Waals surface area contributed by atoms with Crippen LogP contribution in [0, 0.1) is 12.7 Å². The van der Waals surface area contributed by atoms with Gasteiger partial charge in [0.2, 0.25) is 5.95 Å². The molecule has 0 amide bonds. The number of nitrogens with one attached hydrogen (secondary N) is 1. The van der Waals surface area contributed by atoms with E-state index in [0.717, 1.165) is 17.3 Å². The first kappa shape index (κ1) is 11.3. The Bertz CT molecular complexity index is 528. The molecule has 0 atom stereocenters. The van der Waals surface area contributed by atoms with Gasteiger partial charge in [0.05, 0.1) is 6.20 Å². The van der Waals surface area contributed by atoms with Crippen molar-refractivity contribution in [1.29, 1.82) is 0 Å². The zero-order chi connectivity index (χ0) is 12.3. The van der Waals surface area contributed by atoms with Crippen LogP contribution in [0.3, 0.4) is 0 Å². The summed E-state index contributed by atoms with van der Waals surface area (Å²) in [7, 11) is 0. The van der Waals surface area contributed by atoms with Crippen molar-refractivity contribution in [3.63, 3.8) is 0 Å². The van der Waals surface area contributed by atoms with E-state index in [2.05, 4.69) is 15.3 Å². The fourth-order valence-corrected chi connectivity index (χ4v) is 1.51. The Morgan fingerprint density at radius 3 is 3.00 bits per heavy atom. The standard InChI is InChI=1S/C12H13FN4/c1-8-3-2-4-9(5-8)6-15-11-10(13)7-16-12(14)17-11/h2-5,7H,6H2,1H3,(H3,14,15,16,17).